The summed E-state index contributed by atoms with van der Waals surface area (Å²) in [4.78, 5) is 5.98. The van der Waals surface area contributed by atoms with Crippen LogP contribution in [-0.4, -0.2) is 36.1 Å². The second kappa shape index (κ2) is 5.98. The van der Waals surface area contributed by atoms with Crippen molar-refractivity contribution in [3.8, 4) is 0 Å². The summed E-state index contributed by atoms with van der Waals surface area (Å²) in [6.45, 7) is 9.17. The average Bonchev–Trinajstić information content (AvgIpc) is 2.93. The lowest BCUT2D eigenvalue weighted by molar-refractivity contribution is 0.154. The lowest BCUT2D eigenvalue weighted by Crippen LogP contribution is -2.45. The Kier molecular flexibility index (Phi) is 4.08. The Bertz CT molecular complexity index is 552. The van der Waals surface area contributed by atoms with Gasteiger partial charge in [0.05, 0.1) is 0 Å². The third-order valence-electron chi connectivity index (χ3n) is 4.25. The molecule has 0 spiro atoms. The molecule has 3 rings (SSSR count). The van der Waals surface area contributed by atoms with Gasteiger partial charge < -0.3 is 10.3 Å². The first-order valence-corrected chi connectivity index (χ1v) is 7.76. The number of hydrogen-bond donors (Lipinski definition) is 2. The summed E-state index contributed by atoms with van der Waals surface area (Å²) >= 11 is 0. The zero-order chi connectivity index (χ0) is 13.9. The number of aromatic nitrogens is 1. The lowest BCUT2D eigenvalue weighted by Gasteiger charge is -2.36. The molecule has 1 fully saturated rings. The number of nitrogens with one attached hydrogen (secondary N) is 2. The molecular formula is C17H25N3. The number of fused-ring (bicyclic) bond motifs is 1. The molecule has 1 aromatic heterocycles. The van der Waals surface area contributed by atoms with E-state index < -0.39 is 0 Å². The maximum atomic E-state index is 3.45. The molecule has 2 aromatic rings. The maximum absolute atomic E-state index is 3.45. The Morgan fingerprint density at radius 2 is 1.95 bits per heavy atom. The van der Waals surface area contributed by atoms with Crippen molar-refractivity contribution in [2.24, 2.45) is 5.92 Å². The van der Waals surface area contributed by atoms with Gasteiger partial charge >= 0.3 is 0 Å². The highest BCUT2D eigenvalue weighted by Gasteiger charge is 2.23. The monoisotopic (exact) mass is 271 g/mol. The fraction of sp³-hybridized carbons (Fsp3) is 0.529. The molecule has 2 heterocycles. The molecule has 3 heteroatoms. The van der Waals surface area contributed by atoms with Crippen LogP contribution >= 0.6 is 0 Å². The summed E-state index contributed by atoms with van der Waals surface area (Å²) in [7, 11) is 0. The molecule has 0 aliphatic carbocycles. The minimum absolute atomic E-state index is 0.546. The van der Waals surface area contributed by atoms with E-state index in [1.165, 1.54) is 22.9 Å². The van der Waals surface area contributed by atoms with E-state index in [0.717, 1.165) is 26.2 Å². The molecule has 0 amide bonds. The van der Waals surface area contributed by atoms with E-state index in [4.69, 9.17) is 0 Å². The van der Waals surface area contributed by atoms with Gasteiger partial charge in [0.15, 0.2) is 0 Å². The SMILES string of the molecule is CC(C)C[C@@H](c1ccc2cc[nH]c2c1)N1CCNCC1. The second-order valence-corrected chi connectivity index (χ2v) is 6.26. The van der Waals surface area contributed by atoms with Gasteiger partial charge in [-0.2, -0.15) is 0 Å². The van der Waals surface area contributed by atoms with Crippen molar-refractivity contribution in [1.29, 1.82) is 0 Å². The van der Waals surface area contributed by atoms with Crippen LogP contribution in [0.3, 0.4) is 0 Å². The molecule has 0 unspecified atom stereocenters. The fourth-order valence-corrected chi connectivity index (χ4v) is 3.21. The lowest BCUT2D eigenvalue weighted by atomic mass is 9.94. The number of nitrogens with zero attached hydrogens (tertiary/aromatic N) is 1. The average molecular weight is 271 g/mol. The van der Waals surface area contributed by atoms with Crippen LogP contribution in [0.2, 0.25) is 0 Å². The first-order valence-electron chi connectivity index (χ1n) is 7.76. The van der Waals surface area contributed by atoms with Gasteiger partial charge in [-0.3, -0.25) is 4.90 Å². The summed E-state index contributed by atoms with van der Waals surface area (Å²) < 4.78 is 0. The number of hydrogen-bond acceptors (Lipinski definition) is 2. The zero-order valence-electron chi connectivity index (χ0n) is 12.5. The third kappa shape index (κ3) is 2.89. The molecule has 0 saturated carbocycles. The zero-order valence-corrected chi connectivity index (χ0v) is 12.5. The quantitative estimate of drug-likeness (QED) is 0.895. The van der Waals surface area contributed by atoms with Crippen LogP contribution in [0.4, 0.5) is 0 Å². The van der Waals surface area contributed by atoms with Gasteiger partial charge in [0, 0.05) is 43.9 Å². The highest BCUT2D eigenvalue weighted by Crippen LogP contribution is 2.30. The number of piperazine rings is 1. The van der Waals surface area contributed by atoms with Crippen LogP contribution in [0.25, 0.3) is 10.9 Å². The minimum atomic E-state index is 0.546. The van der Waals surface area contributed by atoms with Crippen molar-refractivity contribution in [3.63, 3.8) is 0 Å². The third-order valence-corrected chi connectivity index (χ3v) is 4.25. The molecule has 20 heavy (non-hydrogen) atoms. The van der Waals surface area contributed by atoms with Gasteiger partial charge in [-0.1, -0.05) is 26.0 Å². The number of benzene rings is 1. The first-order chi connectivity index (χ1) is 9.74. The van der Waals surface area contributed by atoms with E-state index in [0.29, 0.717) is 12.0 Å². The standard InChI is InChI=1S/C17H25N3/c1-13(2)11-17(20-9-7-18-8-10-20)15-4-3-14-5-6-19-16(14)12-15/h3-6,12-13,17-19H,7-11H2,1-2H3/t17-/m0/s1. The summed E-state index contributed by atoms with van der Waals surface area (Å²) in [5.41, 5.74) is 2.71. The van der Waals surface area contributed by atoms with Gasteiger partial charge in [-0.15, -0.1) is 0 Å². The summed E-state index contributed by atoms with van der Waals surface area (Å²) in [6, 6.07) is 9.58. The highest BCUT2D eigenvalue weighted by molar-refractivity contribution is 5.79. The van der Waals surface area contributed by atoms with Crippen molar-refractivity contribution >= 4 is 10.9 Å². The molecule has 2 N–H and O–H groups in total. The molecule has 1 atom stereocenters. The van der Waals surface area contributed by atoms with Crippen LogP contribution in [0.5, 0.6) is 0 Å². The number of aromatic amines is 1. The predicted octanol–water partition coefficient (Wildman–Crippen LogP) is 3.16. The number of rotatable bonds is 4. The smallest absolute Gasteiger partial charge is 0.0457 e. The van der Waals surface area contributed by atoms with E-state index in [2.05, 4.69) is 53.3 Å². The van der Waals surface area contributed by atoms with Gasteiger partial charge in [0.2, 0.25) is 0 Å². The van der Waals surface area contributed by atoms with E-state index in [1.54, 1.807) is 0 Å². The second-order valence-electron chi connectivity index (χ2n) is 6.26. The van der Waals surface area contributed by atoms with Crippen molar-refractivity contribution in [3.05, 3.63) is 36.0 Å². The topological polar surface area (TPSA) is 31.1 Å². The van der Waals surface area contributed by atoms with E-state index in [1.807, 2.05) is 6.20 Å². The van der Waals surface area contributed by atoms with Gasteiger partial charge in [-0.25, -0.2) is 0 Å². The van der Waals surface area contributed by atoms with E-state index in [9.17, 15) is 0 Å². The van der Waals surface area contributed by atoms with Gasteiger partial charge in [-0.05, 0) is 35.4 Å². The largest absolute Gasteiger partial charge is 0.361 e. The van der Waals surface area contributed by atoms with Crippen molar-refractivity contribution < 1.29 is 0 Å². The Hall–Kier alpha value is -1.32. The van der Waals surface area contributed by atoms with Crippen molar-refractivity contribution in [1.82, 2.24) is 15.2 Å². The maximum Gasteiger partial charge on any atom is 0.0457 e. The summed E-state index contributed by atoms with van der Waals surface area (Å²) in [5.74, 6) is 0.717. The molecule has 0 bridgehead atoms. The van der Waals surface area contributed by atoms with Crippen LogP contribution in [-0.2, 0) is 0 Å². The molecule has 1 aliphatic rings. The molecule has 3 nitrogen and oxygen atoms in total. The molecule has 108 valence electrons. The molecular weight excluding hydrogens is 246 g/mol. The van der Waals surface area contributed by atoms with Gasteiger partial charge in [0.1, 0.15) is 0 Å². The van der Waals surface area contributed by atoms with E-state index in [-0.39, 0.29) is 0 Å². The Morgan fingerprint density at radius 1 is 1.15 bits per heavy atom. The molecule has 1 aliphatic heterocycles. The normalized spacial score (nSPS) is 18.8. The van der Waals surface area contributed by atoms with Crippen LogP contribution in [0, 0.1) is 5.92 Å². The fourth-order valence-electron chi connectivity index (χ4n) is 3.21. The van der Waals surface area contributed by atoms with E-state index >= 15 is 0 Å². The van der Waals surface area contributed by atoms with Gasteiger partial charge in [0.25, 0.3) is 0 Å². The Balaban J connectivity index is 1.89. The summed E-state index contributed by atoms with van der Waals surface area (Å²) in [6.07, 6.45) is 3.25. The van der Waals surface area contributed by atoms with Crippen molar-refractivity contribution in [2.75, 3.05) is 26.2 Å². The Labute approximate surface area is 121 Å². The van der Waals surface area contributed by atoms with Crippen molar-refractivity contribution in [2.45, 2.75) is 26.3 Å². The van der Waals surface area contributed by atoms with Crippen LogP contribution in [0.1, 0.15) is 31.9 Å². The molecule has 1 aromatic carbocycles. The molecule has 1 saturated heterocycles. The first kappa shape index (κ1) is 13.7. The van der Waals surface area contributed by atoms with Crippen LogP contribution in [0.15, 0.2) is 30.5 Å². The highest BCUT2D eigenvalue weighted by atomic mass is 15.2. The molecule has 0 radical (unpaired) electrons. The summed E-state index contributed by atoms with van der Waals surface area (Å²) in [5, 5.41) is 4.76. The van der Waals surface area contributed by atoms with Crippen LogP contribution < -0.4 is 5.32 Å². The Morgan fingerprint density at radius 3 is 2.70 bits per heavy atom. The minimum Gasteiger partial charge on any atom is -0.361 e. The number of H-pyrrole nitrogens is 1. The predicted molar refractivity (Wildman–Crippen MR) is 84.9 cm³/mol.